The van der Waals surface area contributed by atoms with Crippen molar-refractivity contribution in [3.8, 4) is 11.1 Å². The van der Waals surface area contributed by atoms with Crippen LogP contribution in [-0.2, 0) is 12.8 Å². The molecule has 0 heteroatoms. The van der Waals surface area contributed by atoms with Crippen LogP contribution in [0.25, 0.3) is 17.2 Å². The molecule has 6 rings (SSSR count). The maximum atomic E-state index is 4.65. The summed E-state index contributed by atoms with van der Waals surface area (Å²) in [6.45, 7) is 23.4. The first kappa shape index (κ1) is 31.4. The van der Waals surface area contributed by atoms with E-state index in [1.807, 2.05) is 0 Å². The van der Waals surface area contributed by atoms with E-state index >= 15 is 0 Å². The average molecular weight is 587 g/mol. The normalized spacial score (nSPS) is 27.6. The Hall–Kier alpha value is -2.60. The van der Waals surface area contributed by atoms with Gasteiger partial charge >= 0.3 is 0 Å². The van der Waals surface area contributed by atoms with E-state index in [-0.39, 0.29) is 5.41 Å². The molecule has 3 unspecified atom stereocenters. The molecule has 44 heavy (non-hydrogen) atoms. The number of rotatable bonds is 7. The van der Waals surface area contributed by atoms with Crippen molar-refractivity contribution in [3.05, 3.63) is 100 Å². The third-order valence-electron chi connectivity index (χ3n) is 12.1. The van der Waals surface area contributed by atoms with Crippen LogP contribution in [0.15, 0.2) is 72.4 Å². The van der Waals surface area contributed by atoms with Crippen molar-refractivity contribution in [1.29, 1.82) is 0 Å². The lowest BCUT2D eigenvalue weighted by atomic mass is 9.68. The predicted molar refractivity (Wildman–Crippen MR) is 192 cm³/mol. The molecule has 0 aromatic heterocycles. The first-order chi connectivity index (χ1) is 20.9. The van der Waals surface area contributed by atoms with Gasteiger partial charge in [0.2, 0.25) is 0 Å². The number of benzene rings is 2. The fourth-order valence-corrected chi connectivity index (χ4v) is 9.72. The zero-order chi connectivity index (χ0) is 31.2. The second-order valence-corrected chi connectivity index (χ2v) is 16.9. The number of fused-ring (bicyclic) bond motifs is 1. The van der Waals surface area contributed by atoms with Crippen molar-refractivity contribution in [2.24, 2.45) is 34.5 Å². The lowest BCUT2D eigenvalue weighted by molar-refractivity contribution is 0.138. The molecule has 2 aromatic carbocycles. The Balaban J connectivity index is 1.22. The molecule has 234 valence electrons. The standard InChI is InChI=1S/C44H58/c1-29-21-31(3)40(24-33-19-20-44(8,27-33)37-14-10-9-11-15-37)42(22-29)38-16-12-13-35-23-34(26-41(35)38)25-39-30(2)17-18-36(32(39)4)28-43(5,6)7/h12-13,16-18,21-23,33,36-37,39H,2,4,9-11,14-15,19-20,24-28H2,1,3,5-8H3/t33?,36?,39?,44-/m0/s1. The summed E-state index contributed by atoms with van der Waals surface area (Å²) in [4.78, 5) is 0. The zero-order valence-electron chi connectivity index (χ0n) is 28.8. The van der Waals surface area contributed by atoms with E-state index < -0.39 is 0 Å². The number of hydrogen-bond donors (Lipinski definition) is 0. The average Bonchev–Trinajstić information content (AvgIpc) is 3.57. The monoisotopic (exact) mass is 586 g/mol. The van der Waals surface area contributed by atoms with Gasteiger partial charge < -0.3 is 0 Å². The smallest absolute Gasteiger partial charge is 0.00827 e. The molecule has 0 aliphatic heterocycles. The summed E-state index contributed by atoms with van der Waals surface area (Å²) < 4.78 is 0. The van der Waals surface area contributed by atoms with Crippen LogP contribution in [0.2, 0.25) is 0 Å². The molecule has 2 saturated carbocycles. The fraction of sp³-hybridized carbons (Fsp3) is 0.545. The van der Waals surface area contributed by atoms with Gasteiger partial charge in [-0.25, -0.2) is 0 Å². The van der Waals surface area contributed by atoms with Crippen molar-refractivity contribution in [1.82, 2.24) is 0 Å². The first-order valence-corrected chi connectivity index (χ1v) is 17.9. The Morgan fingerprint density at radius 3 is 2.45 bits per heavy atom. The van der Waals surface area contributed by atoms with Gasteiger partial charge in [0.05, 0.1) is 0 Å². The van der Waals surface area contributed by atoms with E-state index in [4.69, 9.17) is 0 Å². The quantitative estimate of drug-likeness (QED) is 0.283. The van der Waals surface area contributed by atoms with Crippen LogP contribution in [0.3, 0.4) is 0 Å². The topological polar surface area (TPSA) is 0 Å². The van der Waals surface area contributed by atoms with E-state index in [1.54, 1.807) is 5.56 Å². The Morgan fingerprint density at radius 2 is 1.70 bits per heavy atom. The Labute approximate surface area is 269 Å². The van der Waals surface area contributed by atoms with Crippen molar-refractivity contribution < 1.29 is 0 Å². The van der Waals surface area contributed by atoms with Gasteiger partial charge in [-0.15, -0.1) is 0 Å². The minimum atomic E-state index is 0.287. The van der Waals surface area contributed by atoms with Crippen LogP contribution in [0, 0.1) is 48.3 Å². The summed E-state index contributed by atoms with van der Waals surface area (Å²) in [5, 5.41) is 0. The van der Waals surface area contributed by atoms with E-state index in [9.17, 15) is 0 Å². The number of allylic oxidation sites excluding steroid dienone is 5. The van der Waals surface area contributed by atoms with Gasteiger partial charge in [-0.1, -0.05) is 125 Å². The molecule has 0 saturated heterocycles. The third-order valence-corrected chi connectivity index (χ3v) is 12.1. The molecule has 0 amide bonds. The molecule has 0 bridgehead atoms. The van der Waals surface area contributed by atoms with Crippen LogP contribution in [-0.4, -0.2) is 0 Å². The summed E-state index contributed by atoms with van der Waals surface area (Å²) in [6, 6.07) is 12.0. The highest BCUT2D eigenvalue weighted by atomic mass is 14.5. The molecular weight excluding hydrogens is 528 g/mol. The van der Waals surface area contributed by atoms with E-state index in [0.29, 0.717) is 17.3 Å². The highest BCUT2D eigenvalue weighted by molar-refractivity contribution is 5.80. The van der Waals surface area contributed by atoms with Crippen LogP contribution in [0.1, 0.15) is 120 Å². The molecule has 4 aliphatic carbocycles. The zero-order valence-corrected chi connectivity index (χ0v) is 28.8. The molecule has 0 N–H and O–H groups in total. The van der Waals surface area contributed by atoms with Crippen LogP contribution in [0.5, 0.6) is 0 Å². The fourth-order valence-electron chi connectivity index (χ4n) is 9.72. The second kappa shape index (κ2) is 12.3. The number of hydrogen-bond acceptors (Lipinski definition) is 0. The third kappa shape index (κ3) is 6.52. The van der Waals surface area contributed by atoms with E-state index in [1.165, 1.54) is 108 Å². The largest absolute Gasteiger partial charge is 0.0986 e. The minimum Gasteiger partial charge on any atom is -0.0986 e. The highest BCUT2D eigenvalue weighted by Gasteiger charge is 2.41. The summed E-state index contributed by atoms with van der Waals surface area (Å²) in [5.74, 6) is 2.55. The van der Waals surface area contributed by atoms with Crippen molar-refractivity contribution in [2.75, 3.05) is 0 Å². The van der Waals surface area contributed by atoms with Crippen molar-refractivity contribution in [3.63, 3.8) is 0 Å². The summed E-state index contributed by atoms with van der Waals surface area (Å²) in [6.07, 6.45) is 23.2. The molecule has 0 nitrogen and oxygen atoms in total. The van der Waals surface area contributed by atoms with Gasteiger partial charge in [0.15, 0.2) is 0 Å². The summed E-state index contributed by atoms with van der Waals surface area (Å²) in [7, 11) is 0. The molecule has 0 radical (unpaired) electrons. The van der Waals surface area contributed by atoms with Crippen LogP contribution >= 0.6 is 0 Å². The van der Waals surface area contributed by atoms with Gasteiger partial charge in [0.25, 0.3) is 0 Å². The molecular formula is C44H58. The predicted octanol–water partition coefficient (Wildman–Crippen LogP) is 12.6. The number of aryl methyl sites for hydroxylation is 2. The lowest BCUT2D eigenvalue weighted by Crippen LogP contribution is -2.27. The maximum Gasteiger partial charge on any atom is 0.00827 e. The van der Waals surface area contributed by atoms with E-state index in [2.05, 4.69) is 103 Å². The molecule has 2 aromatic rings. The lowest BCUT2D eigenvalue weighted by Gasteiger charge is -2.37. The minimum absolute atomic E-state index is 0.287. The van der Waals surface area contributed by atoms with Gasteiger partial charge in [-0.05, 0) is 139 Å². The second-order valence-electron chi connectivity index (χ2n) is 16.9. The molecule has 2 fully saturated rings. The Kier molecular flexibility index (Phi) is 8.78. The molecule has 4 aliphatic rings. The van der Waals surface area contributed by atoms with Crippen LogP contribution in [0.4, 0.5) is 0 Å². The SMILES string of the molecule is C=C1C=CC(CC(C)(C)C)C(=C)C1CC1=Cc2cccc(-c3cc(C)cc(C)c3CC3CC[C@](C)(C4CCCCC4)C3)c2C1. The van der Waals surface area contributed by atoms with Gasteiger partial charge in [-0.3, -0.25) is 0 Å². The Morgan fingerprint density at radius 1 is 0.932 bits per heavy atom. The van der Waals surface area contributed by atoms with Crippen LogP contribution < -0.4 is 0 Å². The Bertz CT molecular complexity index is 1480. The molecule has 4 atom stereocenters. The van der Waals surface area contributed by atoms with Gasteiger partial charge in [0, 0.05) is 5.92 Å². The molecule has 0 spiro atoms. The summed E-state index contributed by atoms with van der Waals surface area (Å²) >= 11 is 0. The van der Waals surface area contributed by atoms with Crippen molar-refractivity contribution >= 4 is 6.08 Å². The summed E-state index contributed by atoms with van der Waals surface area (Å²) in [5.41, 5.74) is 15.4. The van der Waals surface area contributed by atoms with Gasteiger partial charge in [-0.2, -0.15) is 0 Å². The molecule has 0 heterocycles. The highest BCUT2D eigenvalue weighted by Crippen LogP contribution is 2.53. The first-order valence-electron chi connectivity index (χ1n) is 17.9. The maximum absolute atomic E-state index is 4.65. The van der Waals surface area contributed by atoms with Crippen molar-refractivity contribution in [2.45, 2.75) is 119 Å². The van der Waals surface area contributed by atoms with Gasteiger partial charge in [0.1, 0.15) is 0 Å². The van der Waals surface area contributed by atoms with E-state index in [0.717, 1.165) is 31.1 Å².